The molecule has 7 rings (SSSR count). The number of likely N-dealkylation sites (tertiary alicyclic amines) is 2. The maximum atomic E-state index is 11.3. The molecule has 9 nitrogen and oxygen atoms in total. The zero-order valence-corrected chi connectivity index (χ0v) is 27.1. The first kappa shape index (κ1) is 30.9. The number of halogens is 2. The Morgan fingerprint density at radius 1 is 0.935 bits per heavy atom. The number of hydrogen-bond donors (Lipinski definition) is 2. The van der Waals surface area contributed by atoms with Crippen molar-refractivity contribution in [1.29, 1.82) is 0 Å². The predicted molar refractivity (Wildman–Crippen MR) is 177 cm³/mol. The molecule has 0 spiro atoms. The number of carboxylic acids is 1. The average Bonchev–Trinajstić information content (AvgIpc) is 3.43. The van der Waals surface area contributed by atoms with Gasteiger partial charge in [0.1, 0.15) is 11.4 Å². The number of ether oxygens (including phenoxy) is 2. The second-order valence-corrected chi connectivity index (χ2v) is 13.0. The Balaban J connectivity index is 1.18. The summed E-state index contributed by atoms with van der Waals surface area (Å²) in [5, 5.41) is 20.0. The van der Waals surface area contributed by atoms with Gasteiger partial charge in [0.15, 0.2) is 0 Å². The molecule has 2 aliphatic heterocycles. The normalized spacial score (nSPS) is 18.6. The maximum Gasteiger partial charge on any atom is 0.309 e. The van der Waals surface area contributed by atoms with E-state index in [-0.39, 0.29) is 18.1 Å². The van der Waals surface area contributed by atoms with E-state index in [1.807, 2.05) is 42.5 Å². The lowest BCUT2D eigenvalue weighted by atomic mass is 9.95. The molecule has 0 saturated carbocycles. The van der Waals surface area contributed by atoms with E-state index in [0.717, 1.165) is 40.8 Å². The number of aromatic nitrogens is 2. The van der Waals surface area contributed by atoms with Gasteiger partial charge in [0.05, 0.1) is 48.2 Å². The van der Waals surface area contributed by atoms with E-state index < -0.39 is 5.97 Å². The number of hydrogen-bond acceptors (Lipinski definition) is 8. The average molecular weight is 662 g/mol. The van der Waals surface area contributed by atoms with Gasteiger partial charge >= 0.3 is 5.97 Å². The van der Waals surface area contributed by atoms with Crippen molar-refractivity contribution in [3.63, 3.8) is 0 Å². The molecule has 1 unspecified atom stereocenters. The lowest BCUT2D eigenvalue weighted by molar-refractivity contribution is -0.148. The van der Waals surface area contributed by atoms with Crippen molar-refractivity contribution < 1.29 is 24.5 Å². The van der Waals surface area contributed by atoms with Gasteiger partial charge in [-0.1, -0.05) is 65.7 Å². The van der Waals surface area contributed by atoms with Gasteiger partial charge in [-0.3, -0.25) is 19.6 Å². The van der Waals surface area contributed by atoms with Crippen LogP contribution in [0.15, 0.2) is 54.7 Å². The van der Waals surface area contributed by atoms with E-state index in [9.17, 15) is 15.0 Å². The highest BCUT2D eigenvalue weighted by molar-refractivity contribution is 6.39. The third-order valence-corrected chi connectivity index (χ3v) is 10.2. The predicted octanol–water partition coefficient (Wildman–Crippen LogP) is 5.46. The topological polar surface area (TPSA) is 108 Å². The molecule has 11 heteroatoms. The quantitative estimate of drug-likeness (QED) is 0.242. The number of aliphatic carboxylic acids is 1. The molecule has 46 heavy (non-hydrogen) atoms. The number of methoxy groups -OCH3 is 2. The summed E-state index contributed by atoms with van der Waals surface area (Å²) in [6.45, 7) is 2.92. The number of fused-ring (bicyclic) bond motifs is 1. The first-order valence-corrected chi connectivity index (χ1v) is 16.0. The van der Waals surface area contributed by atoms with E-state index in [1.54, 1.807) is 20.4 Å². The summed E-state index contributed by atoms with van der Waals surface area (Å²) in [5.74, 6) is 0.224. The number of benzene rings is 3. The van der Waals surface area contributed by atoms with Crippen LogP contribution in [0.5, 0.6) is 11.6 Å². The van der Waals surface area contributed by atoms with Gasteiger partial charge in [-0.2, -0.15) is 0 Å². The van der Waals surface area contributed by atoms with Crippen LogP contribution < -0.4 is 9.47 Å². The van der Waals surface area contributed by atoms with Crippen molar-refractivity contribution in [2.45, 2.75) is 31.5 Å². The van der Waals surface area contributed by atoms with E-state index in [0.29, 0.717) is 65.6 Å². The van der Waals surface area contributed by atoms with Crippen molar-refractivity contribution in [1.82, 2.24) is 19.8 Å². The molecule has 3 heterocycles. The highest BCUT2D eigenvalue weighted by atomic mass is 35.5. The minimum Gasteiger partial charge on any atom is -0.496 e. The monoisotopic (exact) mass is 660 g/mol. The zero-order chi connectivity index (χ0) is 32.1. The molecule has 3 aromatic carbocycles. The second-order valence-electron chi connectivity index (χ2n) is 12.3. The van der Waals surface area contributed by atoms with Crippen LogP contribution >= 0.6 is 23.2 Å². The van der Waals surface area contributed by atoms with Crippen LogP contribution in [-0.4, -0.2) is 88.5 Å². The van der Waals surface area contributed by atoms with Gasteiger partial charge in [0.2, 0.25) is 5.88 Å². The lowest BCUT2D eigenvalue weighted by Gasteiger charge is -2.41. The third-order valence-electron chi connectivity index (χ3n) is 9.38. The number of aliphatic hydroxyl groups is 1. The van der Waals surface area contributed by atoms with Crippen molar-refractivity contribution >= 4 is 29.2 Å². The summed E-state index contributed by atoms with van der Waals surface area (Å²) < 4.78 is 11.4. The van der Waals surface area contributed by atoms with Crippen LogP contribution in [0, 0.1) is 5.92 Å². The van der Waals surface area contributed by atoms with E-state index in [1.165, 1.54) is 11.1 Å². The number of rotatable bonds is 9. The second kappa shape index (κ2) is 12.5. The maximum absolute atomic E-state index is 11.3. The summed E-state index contributed by atoms with van der Waals surface area (Å²) in [5.41, 5.74) is 7.72. The van der Waals surface area contributed by atoms with Crippen molar-refractivity contribution in [3.8, 4) is 45.1 Å². The Morgan fingerprint density at radius 3 is 2.26 bits per heavy atom. The Kier molecular flexibility index (Phi) is 8.37. The molecule has 4 aromatic rings. The Hall–Kier alpha value is -3.73. The number of nitrogens with zero attached hydrogens (tertiary/aromatic N) is 4. The Bertz CT molecular complexity index is 1820. The molecule has 238 valence electrons. The molecule has 1 atom stereocenters. The molecule has 1 aromatic heterocycles. The fourth-order valence-electron chi connectivity index (χ4n) is 6.82. The van der Waals surface area contributed by atoms with E-state index >= 15 is 0 Å². The molecule has 3 aliphatic rings. The van der Waals surface area contributed by atoms with Gasteiger partial charge < -0.3 is 19.7 Å². The Labute approximate surface area is 277 Å². The lowest BCUT2D eigenvalue weighted by Crippen LogP contribution is -2.55. The van der Waals surface area contributed by atoms with Crippen molar-refractivity contribution in [2.24, 2.45) is 5.92 Å². The first-order chi connectivity index (χ1) is 22.2. The van der Waals surface area contributed by atoms with Gasteiger partial charge in [-0.15, -0.1) is 0 Å². The third kappa shape index (κ3) is 5.60. The van der Waals surface area contributed by atoms with E-state index in [2.05, 4.69) is 20.9 Å². The highest BCUT2D eigenvalue weighted by Gasteiger charge is 2.39. The largest absolute Gasteiger partial charge is 0.496 e. The molecule has 2 saturated heterocycles. The summed E-state index contributed by atoms with van der Waals surface area (Å²) in [6.07, 6.45) is 3.06. The summed E-state index contributed by atoms with van der Waals surface area (Å²) >= 11 is 14.2. The standard InChI is InChI=1S/C35H34Cl2N4O5/c1-45-31-11-20(9-19-10-22(12-28(19)31)41-14-21(15-41)35(43)44)24-5-3-6-25(32(24)36)26-7-4-8-27(33(26)37)29-13-38-30(34(39-29)46-2)18-40-16-23(42)17-40/h3-9,11,13,21-23,42H,10,12,14-18H2,1-2H3,(H,43,44). The number of carbonyl (C=O) groups is 1. The van der Waals surface area contributed by atoms with Crippen LogP contribution in [-0.2, 0) is 24.2 Å². The van der Waals surface area contributed by atoms with Crippen LogP contribution in [0.2, 0.25) is 10.0 Å². The fourth-order valence-corrected chi connectivity index (χ4v) is 7.49. The molecular formula is C35H34Cl2N4O5. The highest BCUT2D eigenvalue weighted by Crippen LogP contribution is 2.45. The smallest absolute Gasteiger partial charge is 0.309 e. The molecular weight excluding hydrogens is 627 g/mol. The number of aliphatic hydroxyl groups excluding tert-OH is 1. The van der Waals surface area contributed by atoms with Crippen LogP contribution in [0.25, 0.3) is 33.5 Å². The first-order valence-electron chi connectivity index (χ1n) is 15.3. The molecule has 2 N–H and O–H groups in total. The van der Waals surface area contributed by atoms with Gasteiger partial charge in [0, 0.05) is 61.0 Å². The van der Waals surface area contributed by atoms with Gasteiger partial charge in [0.25, 0.3) is 0 Å². The minimum atomic E-state index is -0.725. The molecule has 0 amide bonds. The molecule has 0 radical (unpaired) electrons. The summed E-state index contributed by atoms with van der Waals surface area (Å²) in [7, 11) is 3.25. The van der Waals surface area contributed by atoms with Gasteiger partial charge in [-0.05, 0) is 35.6 Å². The van der Waals surface area contributed by atoms with Crippen LogP contribution in [0.4, 0.5) is 0 Å². The Morgan fingerprint density at radius 2 is 1.61 bits per heavy atom. The van der Waals surface area contributed by atoms with Gasteiger partial charge in [-0.25, -0.2) is 4.98 Å². The SMILES string of the molecule is COc1cc(-c2cccc(-c3cccc(-c4cnc(CN5CC(O)C5)c(OC)n4)c3Cl)c2Cl)cc2c1CC(N1CC(C(=O)O)C1)C2. The van der Waals surface area contributed by atoms with Crippen molar-refractivity contribution in [2.75, 3.05) is 40.4 Å². The summed E-state index contributed by atoms with van der Waals surface area (Å²) in [4.78, 5) is 25.0. The number of β-amino-alcohol motifs (C(OH)–C–C–N with tert-alkyl or cyclic N) is 1. The zero-order valence-electron chi connectivity index (χ0n) is 25.5. The fraction of sp³-hybridized carbons (Fsp3) is 0.343. The van der Waals surface area contributed by atoms with Crippen LogP contribution in [0.1, 0.15) is 16.8 Å². The molecule has 0 bridgehead atoms. The summed E-state index contributed by atoms with van der Waals surface area (Å²) in [6, 6.07) is 16.2. The molecule has 1 aliphatic carbocycles. The van der Waals surface area contributed by atoms with Crippen LogP contribution in [0.3, 0.4) is 0 Å². The molecule has 2 fully saturated rings. The minimum absolute atomic E-state index is 0.262. The van der Waals surface area contributed by atoms with Crippen molar-refractivity contribution in [3.05, 3.63) is 81.6 Å². The number of carboxylic acid groups (broad SMARTS) is 1. The van der Waals surface area contributed by atoms with E-state index in [4.69, 9.17) is 37.7 Å².